The Morgan fingerprint density at radius 3 is 2.91 bits per heavy atom. The van der Waals surface area contributed by atoms with E-state index in [0.717, 1.165) is 38.2 Å². The van der Waals surface area contributed by atoms with E-state index in [2.05, 4.69) is 52.9 Å². The number of fused-ring (bicyclic) bond motifs is 2. The summed E-state index contributed by atoms with van der Waals surface area (Å²) in [5, 5.41) is 0. The van der Waals surface area contributed by atoms with Gasteiger partial charge in [-0.15, -0.1) is 0 Å². The Kier molecular flexibility index (Phi) is 3.69. The van der Waals surface area contributed by atoms with Crippen molar-refractivity contribution in [3.63, 3.8) is 0 Å². The third-order valence-corrected chi connectivity index (χ3v) is 5.22. The number of nitrogens with zero attached hydrogens (tertiary/aromatic N) is 3. The van der Waals surface area contributed by atoms with Crippen molar-refractivity contribution in [3.8, 4) is 0 Å². The van der Waals surface area contributed by atoms with Crippen LogP contribution in [-0.2, 0) is 17.8 Å². The number of hydrogen-bond acceptors (Lipinski definition) is 2. The van der Waals surface area contributed by atoms with Crippen molar-refractivity contribution in [2.75, 3.05) is 24.5 Å². The first kappa shape index (κ1) is 14.5. The summed E-state index contributed by atoms with van der Waals surface area (Å²) in [7, 11) is 0. The zero-order valence-corrected chi connectivity index (χ0v) is 13.6. The Labute approximate surface area is 137 Å². The Balaban J connectivity index is 1.51. The van der Waals surface area contributed by atoms with Crippen LogP contribution >= 0.6 is 0 Å². The fraction of sp³-hybridized carbons (Fsp3) is 0.421. The van der Waals surface area contributed by atoms with Crippen LogP contribution in [-0.4, -0.2) is 35.0 Å². The number of anilines is 1. The van der Waals surface area contributed by atoms with Crippen molar-refractivity contribution in [1.82, 2.24) is 9.47 Å². The molecule has 0 radical (unpaired) electrons. The third-order valence-electron chi connectivity index (χ3n) is 5.22. The number of carbonyl (C=O) groups is 1. The van der Waals surface area contributed by atoms with E-state index < -0.39 is 0 Å². The standard InChI is InChI=1S/C19H23N3O/c1-15-17-9-5-10-20(17)12-13-21(15)14-19(23)22-11-4-7-16-6-2-3-8-18(16)22/h2-3,5-6,8-10,15H,4,7,11-14H2,1H3/t15-/m0/s1. The molecule has 2 aromatic rings. The van der Waals surface area contributed by atoms with Crippen molar-refractivity contribution in [2.45, 2.75) is 32.4 Å². The predicted molar refractivity (Wildman–Crippen MR) is 91.5 cm³/mol. The quantitative estimate of drug-likeness (QED) is 0.853. The maximum absolute atomic E-state index is 12.9. The molecule has 4 nitrogen and oxygen atoms in total. The predicted octanol–water partition coefficient (Wildman–Crippen LogP) is 2.84. The van der Waals surface area contributed by atoms with Gasteiger partial charge in [-0.2, -0.15) is 0 Å². The number of hydrogen-bond donors (Lipinski definition) is 0. The van der Waals surface area contributed by atoms with Crippen LogP contribution < -0.4 is 4.90 Å². The van der Waals surface area contributed by atoms with Crippen LogP contribution in [0.5, 0.6) is 0 Å². The van der Waals surface area contributed by atoms with Gasteiger partial charge in [0.2, 0.25) is 5.91 Å². The van der Waals surface area contributed by atoms with Crippen molar-refractivity contribution in [2.24, 2.45) is 0 Å². The van der Waals surface area contributed by atoms with Crippen LogP contribution in [0.3, 0.4) is 0 Å². The van der Waals surface area contributed by atoms with Crippen molar-refractivity contribution in [1.29, 1.82) is 0 Å². The van der Waals surface area contributed by atoms with E-state index in [9.17, 15) is 4.79 Å². The molecule has 1 amide bonds. The van der Waals surface area contributed by atoms with Gasteiger partial charge in [0.05, 0.1) is 6.54 Å². The lowest BCUT2D eigenvalue weighted by Gasteiger charge is -2.37. The van der Waals surface area contributed by atoms with Crippen LogP contribution in [0.25, 0.3) is 0 Å². The number of rotatable bonds is 2. The van der Waals surface area contributed by atoms with Crippen LogP contribution in [0, 0.1) is 0 Å². The lowest BCUT2D eigenvalue weighted by Crippen LogP contribution is -2.46. The molecule has 0 fully saturated rings. The fourth-order valence-corrected chi connectivity index (χ4v) is 3.89. The van der Waals surface area contributed by atoms with Crippen LogP contribution in [0.1, 0.15) is 30.6 Å². The Morgan fingerprint density at radius 2 is 2.00 bits per heavy atom. The Hall–Kier alpha value is -2.07. The number of aromatic nitrogens is 1. The van der Waals surface area contributed by atoms with E-state index >= 15 is 0 Å². The van der Waals surface area contributed by atoms with Crippen LogP contribution in [0.2, 0.25) is 0 Å². The first-order chi connectivity index (χ1) is 11.2. The molecule has 1 aromatic carbocycles. The van der Waals surface area contributed by atoms with E-state index in [0.29, 0.717) is 12.6 Å². The molecule has 0 saturated heterocycles. The zero-order valence-electron chi connectivity index (χ0n) is 13.6. The fourth-order valence-electron chi connectivity index (χ4n) is 3.89. The van der Waals surface area contributed by atoms with Gasteiger partial charge in [0, 0.05) is 43.3 Å². The van der Waals surface area contributed by atoms with Gasteiger partial charge in [0.15, 0.2) is 0 Å². The van der Waals surface area contributed by atoms with Gasteiger partial charge in [-0.1, -0.05) is 18.2 Å². The normalized spacial score (nSPS) is 20.9. The van der Waals surface area contributed by atoms with E-state index in [1.165, 1.54) is 11.3 Å². The molecule has 0 spiro atoms. The highest BCUT2D eigenvalue weighted by Crippen LogP contribution is 2.29. The summed E-state index contributed by atoms with van der Waals surface area (Å²) in [6.45, 7) is 5.44. The molecular formula is C19H23N3O. The van der Waals surface area contributed by atoms with Gasteiger partial charge in [-0.05, 0) is 43.5 Å². The zero-order chi connectivity index (χ0) is 15.8. The smallest absolute Gasteiger partial charge is 0.241 e. The van der Waals surface area contributed by atoms with Crippen LogP contribution in [0.4, 0.5) is 5.69 Å². The molecule has 0 N–H and O–H groups in total. The van der Waals surface area contributed by atoms with Gasteiger partial charge in [-0.25, -0.2) is 0 Å². The number of benzene rings is 1. The van der Waals surface area contributed by atoms with Gasteiger partial charge in [0.1, 0.15) is 0 Å². The molecule has 1 aromatic heterocycles. The van der Waals surface area contributed by atoms with Crippen molar-refractivity contribution in [3.05, 3.63) is 53.9 Å². The molecule has 1 atom stereocenters. The average molecular weight is 309 g/mol. The highest BCUT2D eigenvalue weighted by molar-refractivity contribution is 5.96. The minimum absolute atomic E-state index is 0.226. The first-order valence-corrected chi connectivity index (χ1v) is 8.51. The van der Waals surface area contributed by atoms with E-state index in [-0.39, 0.29) is 5.91 Å². The monoisotopic (exact) mass is 309 g/mol. The Bertz CT molecular complexity index is 721. The molecule has 4 rings (SSSR count). The highest BCUT2D eigenvalue weighted by Gasteiger charge is 2.28. The largest absolute Gasteiger partial charge is 0.349 e. The highest BCUT2D eigenvalue weighted by atomic mass is 16.2. The number of aryl methyl sites for hydroxylation is 1. The molecule has 0 unspecified atom stereocenters. The molecule has 3 heterocycles. The van der Waals surface area contributed by atoms with E-state index in [1.54, 1.807) is 0 Å². The lowest BCUT2D eigenvalue weighted by atomic mass is 10.0. The minimum Gasteiger partial charge on any atom is -0.349 e. The third kappa shape index (κ3) is 2.57. The number of carbonyl (C=O) groups excluding carboxylic acids is 1. The minimum atomic E-state index is 0.226. The molecule has 120 valence electrons. The second kappa shape index (κ2) is 5.85. The topological polar surface area (TPSA) is 28.5 Å². The summed E-state index contributed by atoms with van der Waals surface area (Å²) < 4.78 is 2.29. The molecule has 0 aliphatic carbocycles. The van der Waals surface area contributed by atoms with E-state index in [1.807, 2.05) is 11.0 Å². The van der Waals surface area contributed by atoms with Gasteiger partial charge in [-0.3, -0.25) is 9.69 Å². The summed E-state index contributed by atoms with van der Waals surface area (Å²) in [5.41, 5.74) is 3.72. The molecule has 23 heavy (non-hydrogen) atoms. The summed E-state index contributed by atoms with van der Waals surface area (Å²) in [5.74, 6) is 0.226. The molecule has 0 saturated carbocycles. The van der Waals surface area contributed by atoms with Crippen LogP contribution in [0.15, 0.2) is 42.6 Å². The molecular weight excluding hydrogens is 286 g/mol. The van der Waals surface area contributed by atoms with E-state index in [4.69, 9.17) is 0 Å². The molecule has 4 heteroatoms. The lowest BCUT2D eigenvalue weighted by molar-refractivity contribution is -0.120. The number of amides is 1. The first-order valence-electron chi connectivity index (χ1n) is 8.51. The summed E-state index contributed by atoms with van der Waals surface area (Å²) in [6.07, 6.45) is 4.26. The Morgan fingerprint density at radius 1 is 1.13 bits per heavy atom. The molecule has 2 aliphatic heterocycles. The summed E-state index contributed by atoms with van der Waals surface area (Å²) >= 11 is 0. The maximum atomic E-state index is 12.9. The van der Waals surface area contributed by atoms with Gasteiger partial charge < -0.3 is 9.47 Å². The van der Waals surface area contributed by atoms with Gasteiger partial charge >= 0.3 is 0 Å². The average Bonchev–Trinajstić information content (AvgIpc) is 3.06. The summed E-state index contributed by atoms with van der Waals surface area (Å²) in [6, 6.07) is 12.9. The van der Waals surface area contributed by atoms with Gasteiger partial charge in [0.25, 0.3) is 0 Å². The SMILES string of the molecule is C[C@H]1c2cccn2CCN1CC(=O)N1CCCc2ccccc21. The van der Waals surface area contributed by atoms with Crippen molar-refractivity contribution >= 4 is 11.6 Å². The second-order valence-electron chi connectivity index (χ2n) is 6.55. The molecule has 0 bridgehead atoms. The molecule has 2 aliphatic rings. The number of para-hydroxylation sites is 1. The van der Waals surface area contributed by atoms with Crippen molar-refractivity contribution < 1.29 is 4.79 Å². The second-order valence-corrected chi connectivity index (χ2v) is 6.55. The maximum Gasteiger partial charge on any atom is 0.241 e. The summed E-state index contributed by atoms with van der Waals surface area (Å²) in [4.78, 5) is 17.2.